The summed E-state index contributed by atoms with van der Waals surface area (Å²) >= 11 is 0. The van der Waals surface area contributed by atoms with E-state index in [1.54, 1.807) is 0 Å². The third-order valence-electron chi connectivity index (χ3n) is 4.63. The lowest BCUT2D eigenvalue weighted by atomic mass is 9.78. The molecule has 3 aromatic rings. The van der Waals surface area contributed by atoms with E-state index in [1.165, 1.54) is 0 Å². The molecule has 1 saturated carbocycles. The lowest BCUT2D eigenvalue weighted by Crippen LogP contribution is -2.35. The molecule has 0 bridgehead atoms. The van der Waals surface area contributed by atoms with Gasteiger partial charge in [-0.2, -0.15) is 4.98 Å². The number of hydrogen-bond donors (Lipinski definition) is 3. The number of benzene rings is 1. The van der Waals surface area contributed by atoms with Crippen molar-refractivity contribution in [2.45, 2.75) is 37.8 Å². The largest absolute Gasteiger partial charge is 0.370 e. The molecule has 0 saturated heterocycles. The van der Waals surface area contributed by atoms with Crippen molar-refractivity contribution in [2.24, 2.45) is 5.73 Å². The number of rotatable bonds is 6. The van der Waals surface area contributed by atoms with E-state index in [9.17, 15) is 0 Å². The summed E-state index contributed by atoms with van der Waals surface area (Å²) in [6.45, 7) is 1.56. The van der Waals surface area contributed by atoms with Gasteiger partial charge in [-0.25, -0.2) is 9.67 Å². The van der Waals surface area contributed by atoms with E-state index in [2.05, 4.69) is 25.6 Å². The second-order valence-corrected chi connectivity index (χ2v) is 6.55. The van der Waals surface area contributed by atoms with E-state index >= 15 is 0 Å². The van der Waals surface area contributed by atoms with E-state index in [0.29, 0.717) is 11.9 Å². The topological polar surface area (TPSA) is 121 Å². The van der Waals surface area contributed by atoms with Crippen molar-refractivity contribution < 1.29 is 0 Å². The van der Waals surface area contributed by atoms with Gasteiger partial charge in [0.05, 0.1) is 11.2 Å². The van der Waals surface area contributed by atoms with Crippen LogP contribution < -0.4 is 16.8 Å². The molecule has 25 heavy (non-hydrogen) atoms. The molecule has 2 heterocycles. The number of nitrogens with two attached hydrogens (primary N) is 2. The quantitative estimate of drug-likeness (QED) is 0.582. The first kappa shape index (κ1) is 15.8. The second-order valence-electron chi connectivity index (χ2n) is 6.55. The zero-order chi connectivity index (χ0) is 17.2. The van der Waals surface area contributed by atoms with Crippen LogP contribution in [0.2, 0.25) is 0 Å². The average molecular weight is 338 g/mol. The highest BCUT2D eigenvalue weighted by atomic mass is 15.4. The van der Waals surface area contributed by atoms with E-state index in [-0.39, 0.29) is 6.04 Å². The van der Waals surface area contributed by atoms with Crippen molar-refractivity contribution in [1.29, 1.82) is 0 Å². The smallest absolute Gasteiger partial charge is 0.222 e. The molecule has 1 aliphatic carbocycles. The summed E-state index contributed by atoms with van der Waals surface area (Å²) in [5.74, 6) is 1.48. The van der Waals surface area contributed by atoms with Crippen molar-refractivity contribution in [3.8, 4) is 0 Å². The number of aryl methyl sites for hydroxylation is 1. The predicted molar refractivity (Wildman–Crippen MR) is 97.0 cm³/mol. The third-order valence-corrected chi connectivity index (χ3v) is 4.63. The Hall–Kier alpha value is -2.74. The Labute approximate surface area is 145 Å². The number of para-hydroxylation sites is 1. The molecule has 4 rings (SSSR count). The minimum absolute atomic E-state index is 0.287. The normalized spacial score (nSPS) is 19.7. The van der Waals surface area contributed by atoms with E-state index in [0.717, 1.165) is 54.9 Å². The number of fused-ring (bicyclic) bond motifs is 1. The SMILES string of the molecule is Nc1nc(NCCCn2nnc3ccccc32)cc(C2CC(N)C2)n1. The van der Waals surface area contributed by atoms with E-state index in [1.807, 2.05) is 35.0 Å². The molecule has 0 aliphatic heterocycles. The Balaban J connectivity index is 1.34. The van der Waals surface area contributed by atoms with Crippen LogP contribution in [0.1, 0.15) is 30.9 Å². The van der Waals surface area contributed by atoms with Crippen LogP contribution in [0.3, 0.4) is 0 Å². The molecule has 8 nitrogen and oxygen atoms in total. The molecule has 0 radical (unpaired) electrons. The molecule has 0 spiro atoms. The molecule has 5 N–H and O–H groups in total. The molecule has 0 atom stereocenters. The fraction of sp³-hybridized carbons (Fsp3) is 0.412. The maximum atomic E-state index is 5.86. The number of aromatic nitrogens is 5. The zero-order valence-electron chi connectivity index (χ0n) is 14.0. The minimum Gasteiger partial charge on any atom is -0.370 e. The van der Waals surface area contributed by atoms with Gasteiger partial charge in [-0.3, -0.25) is 0 Å². The first-order chi connectivity index (χ1) is 12.2. The van der Waals surface area contributed by atoms with Crippen LogP contribution in [-0.2, 0) is 6.54 Å². The van der Waals surface area contributed by atoms with Gasteiger partial charge in [-0.05, 0) is 31.4 Å². The molecule has 130 valence electrons. The summed E-state index contributed by atoms with van der Waals surface area (Å²) in [7, 11) is 0. The summed E-state index contributed by atoms with van der Waals surface area (Å²) < 4.78 is 1.92. The fourth-order valence-electron chi connectivity index (χ4n) is 3.22. The zero-order valence-corrected chi connectivity index (χ0v) is 14.0. The van der Waals surface area contributed by atoms with Crippen LogP contribution in [0.15, 0.2) is 30.3 Å². The van der Waals surface area contributed by atoms with Crippen LogP contribution in [0.4, 0.5) is 11.8 Å². The fourth-order valence-corrected chi connectivity index (χ4v) is 3.22. The Bertz CT molecular complexity index is 868. The lowest BCUT2D eigenvalue weighted by molar-refractivity contribution is 0.345. The van der Waals surface area contributed by atoms with Crippen molar-refractivity contribution in [3.63, 3.8) is 0 Å². The molecule has 1 aliphatic rings. The van der Waals surface area contributed by atoms with Gasteiger partial charge >= 0.3 is 0 Å². The summed E-state index contributed by atoms with van der Waals surface area (Å²) in [5, 5.41) is 11.7. The number of nitrogen functional groups attached to an aromatic ring is 1. The van der Waals surface area contributed by atoms with Crippen LogP contribution in [0.25, 0.3) is 11.0 Å². The predicted octanol–water partition coefficient (Wildman–Crippen LogP) is 1.51. The third kappa shape index (κ3) is 3.39. The number of hydrogen-bond acceptors (Lipinski definition) is 7. The van der Waals surface area contributed by atoms with Gasteiger partial charge in [0, 0.05) is 31.1 Å². The molecular weight excluding hydrogens is 316 g/mol. The van der Waals surface area contributed by atoms with E-state index in [4.69, 9.17) is 11.5 Å². The first-order valence-corrected chi connectivity index (χ1v) is 8.61. The molecule has 0 amide bonds. The maximum Gasteiger partial charge on any atom is 0.222 e. The Morgan fingerprint density at radius 2 is 2.04 bits per heavy atom. The highest BCUT2D eigenvalue weighted by Gasteiger charge is 2.29. The van der Waals surface area contributed by atoms with Gasteiger partial charge in [0.2, 0.25) is 5.95 Å². The summed E-state index contributed by atoms with van der Waals surface area (Å²) in [4.78, 5) is 8.61. The average Bonchev–Trinajstić information content (AvgIpc) is 2.99. The van der Waals surface area contributed by atoms with Gasteiger partial charge in [-0.15, -0.1) is 5.10 Å². The highest BCUT2D eigenvalue weighted by Crippen LogP contribution is 2.35. The van der Waals surface area contributed by atoms with Crippen LogP contribution >= 0.6 is 0 Å². The summed E-state index contributed by atoms with van der Waals surface area (Å²) in [6, 6.07) is 10.2. The van der Waals surface area contributed by atoms with Crippen molar-refractivity contribution in [1.82, 2.24) is 25.0 Å². The van der Waals surface area contributed by atoms with Crippen molar-refractivity contribution in [3.05, 3.63) is 36.0 Å². The van der Waals surface area contributed by atoms with Crippen LogP contribution in [0.5, 0.6) is 0 Å². The van der Waals surface area contributed by atoms with Gasteiger partial charge < -0.3 is 16.8 Å². The van der Waals surface area contributed by atoms with Gasteiger partial charge in [0.15, 0.2) is 0 Å². The molecule has 2 aromatic heterocycles. The minimum atomic E-state index is 0.287. The second kappa shape index (κ2) is 6.64. The number of nitrogens with zero attached hydrogens (tertiary/aromatic N) is 5. The monoisotopic (exact) mass is 338 g/mol. The standard InChI is InChI=1S/C17H22N8/c18-12-8-11(9-12)14-10-16(22-17(19)21-14)20-6-3-7-25-15-5-2-1-4-13(15)23-24-25/h1-2,4-5,10-12H,3,6-9,18H2,(H3,19,20,21,22). The van der Waals surface area contributed by atoms with Crippen LogP contribution in [0, 0.1) is 0 Å². The highest BCUT2D eigenvalue weighted by molar-refractivity contribution is 5.73. The Morgan fingerprint density at radius 3 is 2.88 bits per heavy atom. The molecule has 1 fully saturated rings. The van der Waals surface area contributed by atoms with Gasteiger partial charge in [0.1, 0.15) is 11.3 Å². The Kier molecular flexibility index (Phi) is 4.19. The van der Waals surface area contributed by atoms with Crippen molar-refractivity contribution in [2.75, 3.05) is 17.6 Å². The van der Waals surface area contributed by atoms with Gasteiger partial charge in [-0.1, -0.05) is 17.3 Å². The first-order valence-electron chi connectivity index (χ1n) is 8.61. The molecular formula is C17H22N8. The lowest BCUT2D eigenvalue weighted by Gasteiger charge is -2.32. The summed E-state index contributed by atoms with van der Waals surface area (Å²) in [5.41, 5.74) is 14.7. The molecule has 0 unspecified atom stereocenters. The maximum absolute atomic E-state index is 5.86. The number of nitrogens with one attached hydrogen (secondary N) is 1. The molecule has 8 heteroatoms. The van der Waals surface area contributed by atoms with E-state index < -0.39 is 0 Å². The molecule has 1 aromatic carbocycles. The van der Waals surface area contributed by atoms with Crippen LogP contribution in [-0.4, -0.2) is 37.5 Å². The van der Waals surface area contributed by atoms with Gasteiger partial charge in [0.25, 0.3) is 0 Å². The summed E-state index contributed by atoms with van der Waals surface area (Å²) in [6.07, 6.45) is 2.84. The van der Waals surface area contributed by atoms with Crippen molar-refractivity contribution >= 4 is 22.8 Å². The number of anilines is 2. The Morgan fingerprint density at radius 1 is 1.20 bits per heavy atom.